The lowest BCUT2D eigenvalue weighted by Crippen LogP contribution is -2.28. The van der Waals surface area contributed by atoms with Crippen molar-refractivity contribution >= 4 is 17.6 Å². The number of likely N-dealkylation sites (tertiary alicyclic amines) is 1. The predicted octanol–water partition coefficient (Wildman–Crippen LogP) is 3.16. The Labute approximate surface area is 147 Å². The van der Waals surface area contributed by atoms with Crippen molar-refractivity contribution in [2.45, 2.75) is 32.2 Å². The van der Waals surface area contributed by atoms with Crippen LogP contribution >= 0.6 is 0 Å². The number of nitrogens with zero attached hydrogens (tertiary/aromatic N) is 1. The van der Waals surface area contributed by atoms with Crippen molar-refractivity contribution in [2.24, 2.45) is 0 Å². The fourth-order valence-corrected chi connectivity index (χ4v) is 2.89. The molecule has 2 N–H and O–H groups in total. The van der Waals surface area contributed by atoms with E-state index in [-0.39, 0.29) is 11.9 Å². The summed E-state index contributed by atoms with van der Waals surface area (Å²) in [5.41, 5.74) is 1.81. The molecule has 0 unspecified atom stereocenters. The Morgan fingerprint density at radius 1 is 1.08 bits per heavy atom. The summed E-state index contributed by atoms with van der Waals surface area (Å²) in [5, 5.41) is 5.50. The summed E-state index contributed by atoms with van der Waals surface area (Å²) in [5.74, 6) is 0.935. The third kappa shape index (κ3) is 5.11. The van der Waals surface area contributed by atoms with Crippen LogP contribution in [0.1, 0.15) is 30.6 Å². The molecule has 1 aliphatic rings. The van der Waals surface area contributed by atoms with Crippen LogP contribution in [0.3, 0.4) is 0 Å². The number of anilines is 1. The van der Waals surface area contributed by atoms with Crippen LogP contribution in [-0.2, 0) is 17.8 Å². The molecule has 2 heterocycles. The summed E-state index contributed by atoms with van der Waals surface area (Å²) in [6, 6.07) is 10.9. The molecule has 6 nitrogen and oxygen atoms in total. The monoisotopic (exact) mass is 341 g/mol. The first-order valence-corrected chi connectivity index (χ1v) is 8.65. The van der Waals surface area contributed by atoms with Gasteiger partial charge in [0.25, 0.3) is 0 Å². The van der Waals surface area contributed by atoms with E-state index in [1.807, 2.05) is 29.2 Å². The van der Waals surface area contributed by atoms with Crippen LogP contribution in [0.2, 0.25) is 0 Å². The maximum atomic E-state index is 12.1. The highest BCUT2D eigenvalue weighted by molar-refractivity contribution is 5.89. The summed E-state index contributed by atoms with van der Waals surface area (Å²) in [6.07, 6.45) is 5.07. The second kappa shape index (κ2) is 8.37. The summed E-state index contributed by atoms with van der Waals surface area (Å²) in [4.78, 5) is 25.8. The van der Waals surface area contributed by atoms with E-state index in [4.69, 9.17) is 4.42 Å². The Balaban J connectivity index is 1.41. The number of benzene rings is 1. The molecule has 1 aliphatic heterocycles. The van der Waals surface area contributed by atoms with Crippen molar-refractivity contribution in [3.63, 3.8) is 0 Å². The average Bonchev–Trinajstić information content (AvgIpc) is 3.32. The molecule has 0 bridgehead atoms. The van der Waals surface area contributed by atoms with Gasteiger partial charge in [-0.1, -0.05) is 12.1 Å². The number of hydrogen-bond donors (Lipinski definition) is 2. The molecule has 132 valence electrons. The highest BCUT2D eigenvalue weighted by atomic mass is 16.3. The third-order valence-corrected chi connectivity index (χ3v) is 4.30. The number of carbonyl (C=O) groups is 2. The van der Waals surface area contributed by atoms with Gasteiger partial charge in [-0.3, -0.25) is 4.79 Å². The van der Waals surface area contributed by atoms with Gasteiger partial charge in [-0.25, -0.2) is 4.79 Å². The van der Waals surface area contributed by atoms with Crippen LogP contribution in [0.5, 0.6) is 0 Å². The van der Waals surface area contributed by atoms with E-state index in [1.54, 1.807) is 18.4 Å². The fraction of sp³-hybridized carbons (Fsp3) is 0.368. The number of carbonyl (C=O) groups excluding carboxylic acids is 2. The zero-order valence-electron chi connectivity index (χ0n) is 14.2. The summed E-state index contributed by atoms with van der Waals surface area (Å²) >= 11 is 0. The molecule has 0 saturated carbocycles. The van der Waals surface area contributed by atoms with Gasteiger partial charge in [0.15, 0.2) is 0 Å². The van der Waals surface area contributed by atoms with Gasteiger partial charge in [-0.2, -0.15) is 0 Å². The highest BCUT2D eigenvalue weighted by Crippen LogP contribution is 2.14. The Bertz CT molecular complexity index is 689. The first kappa shape index (κ1) is 17.1. The van der Waals surface area contributed by atoms with Crippen LogP contribution in [0.15, 0.2) is 47.1 Å². The molecule has 1 saturated heterocycles. The van der Waals surface area contributed by atoms with Gasteiger partial charge in [0.05, 0.1) is 12.8 Å². The lowest BCUT2D eigenvalue weighted by molar-refractivity contribution is -0.130. The molecule has 6 heteroatoms. The molecule has 1 fully saturated rings. The zero-order chi connectivity index (χ0) is 17.5. The summed E-state index contributed by atoms with van der Waals surface area (Å²) < 4.78 is 5.16. The van der Waals surface area contributed by atoms with Crippen LogP contribution < -0.4 is 10.6 Å². The number of nitrogens with one attached hydrogen (secondary N) is 2. The lowest BCUT2D eigenvalue weighted by Gasteiger charge is -2.15. The molecule has 3 amide bonds. The minimum absolute atomic E-state index is 0.233. The zero-order valence-corrected chi connectivity index (χ0v) is 14.2. The molecule has 1 aromatic heterocycles. The number of furan rings is 1. The minimum Gasteiger partial charge on any atom is -0.467 e. The van der Waals surface area contributed by atoms with E-state index in [0.717, 1.165) is 37.9 Å². The molecule has 3 rings (SSSR count). The number of hydrogen-bond acceptors (Lipinski definition) is 3. The van der Waals surface area contributed by atoms with Gasteiger partial charge < -0.3 is 20.0 Å². The molecule has 0 aliphatic carbocycles. The Kier molecular flexibility index (Phi) is 5.72. The summed E-state index contributed by atoms with van der Waals surface area (Å²) in [7, 11) is 0. The number of urea groups is 1. The van der Waals surface area contributed by atoms with Crippen LogP contribution in [0.4, 0.5) is 10.5 Å². The van der Waals surface area contributed by atoms with Gasteiger partial charge in [-0.15, -0.1) is 0 Å². The van der Waals surface area contributed by atoms with E-state index < -0.39 is 0 Å². The van der Waals surface area contributed by atoms with Crippen molar-refractivity contribution in [3.05, 3.63) is 54.0 Å². The van der Waals surface area contributed by atoms with Crippen molar-refractivity contribution < 1.29 is 14.0 Å². The second-order valence-electron chi connectivity index (χ2n) is 6.17. The predicted molar refractivity (Wildman–Crippen MR) is 95.1 cm³/mol. The van der Waals surface area contributed by atoms with E-state index in [2.05, 4.69) is 10.6 Å². The second-order valence-corrected chi connectivity index (χ2v) is 6.17. The van der Waals surface area contributed by atoms with E-state index in [9.17, 15) is 9.59 Å². The van der Waals surface area contributed by atoms with Crippen LogP contribution in [0.25, 0.3) is 0 Å². The lowest BCUT2D eigenvalue weighted by atomic mass is 10.1. The quantitative estimate of drug-likeness (QED) is 0.847. The Morgan fingerprint density at radius 2 is 1.84 bits per heavy atom. The average molecular weight is 341 g/mol. The smallest absolute Gasteiger partial charge is 0.319 e. The molecule has 0 spiro atoms. The largest absolute Gasteiger partial charge is 0.467 e. The number of aryl methyl sites for hydroxylation is 1. The van der Waals surface area contributed by atoms with Crippen molar-refractivity contribution in [1.82, 2.24) is 10.2 Å². The molecule has 0 radical (unpaired) electrons. The molecule has 0 atom stereocenters. The number of amides is 3. The van der Waals surface area contributed by atoms with E-state index >= 15 is 0 Å². The summed E-state index contributed by atoms with van der Waals surface area (Å²) in [6.45, 7) is 2.14. The normalized spacial score (nSPS) is 13.7. The van der Waals surface area contributed by atoms with Gasteiger partial charge in [0.2, 0.25) is 5.91 Å². The Hall–Kier alpha value is -2.76. The van der Waals surface area contributed by atoms with Crippen LogP contribution in [0, 0.1) is 0 Å². The van der Waals surface area contributed by atoms with E-state index in [1.165, 1.54) is 0 Å². The molecule has 25 heavy (non-hydrogen) atoms. The fourth-order valence-electron chi connectivity index (χ4n) is 2.89. The maximum absolute atomic E-state index is 12.1. The Morgan fingerprint density at radius 3 is 2.52 bits per heavy atom. The topological polar surface area (TPSA) is 74.6 Å². The van der Waals surface area contributed by atoms with Crippen molar-refractivity contribution in [2.75, 3.05) is 18.4 Å². The standard InChI is InChI=1S/C19H23N3O3/c23-18(22-11-1-2-12-22)10-7-15-5-8-16(9-6-15)21-19(24)20-14-17-4-3-13-25-17/h3-6,8-9,13H,1-2,7,10-12,14H2,(H2,20,21,24). The third-order valence-electron chi connectivity index (χ3n) is 4.30. The number of rotatable bonds is 6. The maximum Gasteiger partial charge on any atom is 0.319 e. The first-order valence-electron chi connectivity index (χ1n) is 8.65. The molecular formula is C19H23N3O3. The van der Waals surface area contributed by atoms with Gasteiger partial charge >= 0.3 is 6.03 Å². The molecule has 2 aromatic rings. The SMILES string of the molecule is O=C(NCc1ccco1)Nc1ccc(CCC(=O)N2CCCC2)cc1. The minimum atomic E-state index is -0.284. The van der Waals surface area contributed by atoms with E-state index in [0.29, 0.717) is 24.4 Å². The van der Waals surface area contributed by atoms with Crippen molar-refractivity contribution in [1.29, 1.82) is 0 Å². The first-order chi connectivity index (χ1) is 12.2. The van der Waals surface area contributed by atoms with Crippen molar-refractivity contribution in [3.8, 4) is 0 Å². The van der Waals surface area contributed by atoms with Gasteiger partial charge in [0, 0.05) is 25.2 Å². The van der Waals surface area contributed by atoms with Gasteiger partial charge in [-0.05, 0) is 49.1 Å². The molecule has 1 aromatic carbocycles. The molecular weight excluding hydrogens is 318 g/mol. The highest BCUT2D eigenvalue weighted by Gasteiger charge is 2.17. The van der Waals surface area contributed by atoms with Gasteiger partial charge in [0.1, 0.15) is 5.76 Å². The van der Waals surface area contributed by atoms with Crippen LogP contribution in [-0.4, -0.2) is 29.9 Å².